The highest BCUT2D eigenvalue weighted by Crippen LogP contribution is 2.20. The minimum absolute atomic E-state index is 0.262. The summed E-state index contributed by atoms with van der Waals surface area (Å²) in [7, 11) is 1.47. The van der Waals surface area contributed by atoms with Gasteiger partial charge < -0.3 is 4.74 Å². The highest BCUT2D eigenvalue weighted by atomic mass is 35.7. The fourth-order valence-electron chi connectivity index (χ4n) is 1.93. The summed E-state index contributed by atoms with van der Waals surface area (Å²) in [5.74, 6) is 0.542. The van der Waals surface area contributed by atoms with Gasteiger partial charge in [-0.15, -0.1) is 10.2 Å². The topological polar surface area (TPSA) is 74.1 Å². The maximum atomic E-state index is 11.6. The molecular weight excluding hydrogens is 314 g/mol. The first kappa shape index (κ1) is 15.9. The van der Waals surface area contributed by atoms with Gasteiger partial charge in [-0.3, -0.25) is 4.57 Å². The second-order valence-corrected chi connectivity index (χ2v) is 6.77. The van der Waals surface area contributed by atoms with Crippen molar-refractivity contribution in [1.82, 2.24) is 14.8 Å². The summed E-state index contributed by atoms with van der Waals surface area (Å²) in [5.41, 5.74) is 0.660. The molecule has 21 heavy (non-hydrogen) atoms. The molecule has 0 fully saturated rings. The standard InChI is InChI=1S/C13H16ClN3O3S/c1-2-20-10-6-9-12-15-16-13(21(14,18)19)17(12)11-7-4-3-5-8-11/h3-5,7-8H,2,6,9-10H2,1H3. The number of para-hydroxylation sites is 1. The monoisotopic (exact) mass is 329 g/mol. The highest BCUT2D eigenvalue weighted by molar-refractivity contribution is 8.13. The maximum Gasteiger partial charge on any atom is 0.297 e. The van der Waals surface area contributed by atoms with E-state index in [1.54, 1.807) is 12.1 Å². The van der Waals surface area contributed by atoms with Crippen molar-refractivity contribution >= 4 is 19.7 Å². The van der Waals surface area contributed by atoms with Gasteiger partial charge in [0, 0.05) is 36.0 Å². The van der Waals surface area contributed by atoms with Crippen LogP contribution < -0.4 is 0 Å². The summed E-state index contributed by atoms with van der Waals surface area (Å²) < 4.78 is 30.0. The number of aromatic nitrogens is 3. The molecule has 1 aromatic carbocycles. The van der Waals surface area contributed by atoms with Crippen LogP contribution in [-0.2, 0) is 20.2 Å². The SMILES string of the molecule is CCOCCCc1nnc(S(=O)(=O)Cl)n1-c1ccccc1. The minimum atomic E-state index is -3.97. The number of nitrogens with zero attached hydrogens (tertiary/aromatic N) is 3. The Balaban J connectivity index is 2.36. The quantitative estimate of drug-likeness (QED) is 0.575. The third kappa shape index (κ3) is 4.03. The molecule has 1 aromatic heterocycles. The van der Waals surface area contributed by atoms with Gasteiger partial charge in [0.05, 0.1) is 0 Å². The van der Waals surface area contributed by atoms with Crippen LogP contribution in [0, 0.1) is 0 Å². The average molecular weight is 330 g/mol. The molecular formula is C13H16ClN3O3S. The first-order valence-electron chi connectivity index (χ1n) is 6.56. The van der Waals surface area contributed by atoms with Gasteiger partial charge in [-0.1, -0.05) is 18.2 Å². The molecule has 114 valence electrons. The molecule has 6 nitrogen and oxygen atoms in total. The lowest BCUT2D eigenvalue weighted by atomic mass is 10.3. The molecule has 2 aromatic rings. The molecule has 0 N–H and O–H groups in total. The van der Waals surface area contributed by atoms with E-state index in [9.17, 15) is 8.42 Å². The second kappa shape index (κ2) is 7.02. The van der Waals surface area contributed by atoms with Crippen molar-refractivity contribution in [2.45, 2.75) is 24.9 Å². The lowest BCUT2D eigenvalue weighted by molar-refractivity contribution is 0.144. The van der Waals surface area contributed by atoms with Gasteiger partial charge in [0.25, 0.3) is 14.2 Å². The summed E-state index contributed by atoms with van der Waals surface area (Å²) in [6, 6.07) is 9.02. The Morgan fingerprint density at radius 2 is 1.95 bits per heavy atom. The van der Waals surface area contributed by atoms with Crippen molar-refractivity contribution in [3.63, 3.8) is 0 Å². The molecule has 0 saturated heterocycles. The van der Waals surface area contributed by atoms with Gasteiger partial charge >= 0.3 is 0 Å². The Bertz CT molecular complexity index is 686. The van der Waals surface area contributed by atoms with Crippen molar-refractivity contribution < 1.29 is 13.2 Å². The van der Waals surface area contributed by atoms with Crippen molar-refractivity contribution in [3.8, 4) is 5.69 Å². The van der Waals surface area contributed by atoms with Crippen molar-refractivity contribution in [2.75, 3.05) is 13.2 Å². The van der Waals surface area contributed by atoms with E-state index >= 15 is 0 Å². The van der Waals surface area contributed by atoms with Crippen LogP contribution in [0.15, 0.2) is 35.5 Å². The van der Waals surface area contributed by atoms with Crippen LogP contribution in [0.5, 0.6) is 0 Å². The summed E-state index contributed by atoms with van der Waals surface area (Å²) in [6.07, 6.45) is 1.27. The smallest absolute Gasteiger partial charge is 0.297 e. The molecule has 0 amide bonds. The highest BCUT2D eigenvalue weighted by Gasteiger charge is 2.23. The first-order chi connectivity index (χ1) is 10.0. The predicted octanol–water partition coefficient (Wildman–Crippen LogP) is 2.16. The molecule has 0 saturated carbocycles. The van der Waals surface area contributed by atoms with Crippen molar-refractivity contribution in [3.05, 3.63) is 36.2 Å². The number of ether oxygens (including phenoxy) is 1. The summed E-state index contributed by atoms with van der Waals surface area (Å²) in [5, 5.41) is 7.40. The van der Waals surface area contributed by atoms with E-state index in [1.807, 2.05) is 25.1 Å². The van der Waals surface area contributed by atoms with Crippen LogP contribution in [-0.4, -0.2) is 36.4 Å². The van der Waals surface area contributed by atoms with E-state index < -0.39 is 9.05 Å². The zero-order valence-electron chi connectivity index (χ0n) is 11.6. The van der Waals surface area contributed by atoms with Crippen LogP contribution >= 0.6 is 10.7 Å². The Morgan fingerprint density at radius 3 is 2.57 bits per heavy atom. The Hall–Kier alpha value is -1.44. The first-order valence-corrected chi connectivity index (χ1v) is 8.87. The summed E-state index contributed by atoms with van der Waals surface area (Å²) >= 11 is 0. The predicted molar refractivity (Wildman–Crippen MR) is 79.2 cm³/mol. The van der Waals surface area contributed by atoms with E-state index in [1.165, 1.54) is 4.57 Å². The number of hydrogen-bond acceptors (Lipinski definition) is 5. The van der Waals surface area contributed by atoms with Crippen LogP contribution in [0.4, 0.5) is 0 Å². The lowest BCUT2D eigenvalue weighted by Gasteiger charge is -2.08. The van der Waals surface area contributed by atoms with Crippen LogP contribution in [0.25, 0.3) is 5.69 Å². The van der Waals surface area contributed by atoms with E-state index in [-0.39, 0.29) is 5.16 Å². The summed E-state index contributed by atoms with van der Waals surface area (Å²) in [4.78, 5) is 0. The Kier molecular flexibility index (Phi) is 5.33. The fourth-order valence-corrected chi connectivity index (χ4v) is 2.80. The van der Waals surface area contributed by atoms with Gasteiger partial charge in [-0.2, -0.15) is 0 Å². The lowest BCUT2D eigenvalue weighted by Crippen LogP contribution is -2.08. The molecule has 0 aliphatic carbocycles. The van der Waals surface area contributed by atoms with Gasteiger partial charge in [0.1, 0.15) is 5.82 Å². The molecule has 0 atom stereocenters. The van der Waals surface area contributed by atoms with Gasteiger partial charge in [-0.05, 0) is 25.5 Å². The zero-order chi connectivity index (χ0) is 15.3. The molecule has 0 bridgehead atoms. The van der Waals surface area contributed by atoms with Gasteiger partial charge in [0.2, 0.25) is 0 Å². The molecule has 0 radical (unpaired) electrons. The molecule has 0 aliphatic heterocycles. The van der Waals surface area contributed by atoms with E-state index in [2.05, 4.69) is 10.2 Å². The van der Waals surface area contributed by atoms with E-state index in [0.29, 0.717) is 31.1 Å². The van der Waals surface area contributed by atoms with Crippen molar-refractivity contribution in [2.24, 2.45) is 0 Å². The van der Waals surface area contributed by atoms with Crippen LogP contribution in [0.1, 0.15) is 19.2 Å². The third-order valence-electron chi connectivity index (χ3n) is 2.83. The fraction of sp³-hybridized carbons (Fsp3) is 0.385. The maximum absolute atomic E-state index is 11.6. The van der Waals surface area contributed by atoms with Gasteiger partial charge in [-0.25, -0.2) is 8.42 Å². The number of rotatable bonds is 7. The number of halogens is 1. The largest absolute Gasteiger partial charge is 0.382 e. The molecule has 0 unspecified atom stereocenters. The second-order valence-electron chi connectivity index (χ2n) is 4.31. The zero-order valence-corrected chi connectivity index (χ0v) is 13.1. The molecule has 0 aliphatic rings. The minimum Gasteiger partial charge on any atom is -0.382 e. The Labute approximate surface area is 128 Å². The molecule has 8 heteroatoms. The number of hydrogen-bond donors (Lipinski definition) is 0. The number of aryl methyl sites for hydroxylation is 1. The van der Waals surface area contributed by atoms with Crippen LogP contribution in [0.2, 0.25) is 0 Å². The summed E-state index contributed by atoms with van der Waals surface area (Å²) in [6.45, 7) is 3.15. The molecule has 2 rings (SSSR count). The Morgan fingerprint density at radius 1 is 1.24 bits per heavy atom. The van der Waals surface area contributed by atoms with E-state index in [4.69, 9.17) is 15.4 Å². The van der Waals surface area contributed by atoms with Crippen LogP contribution in [0.3, 0.4) is 0 Å². The van der Waals surface area contributed by atoms with Gasteiger partial charge in [0.15, 0.2) is 0 Å². The molecule has 1 heterocycles. The number of benzene rings is 1. The molecule has 0 spiro atoms. The van der Waals surface area contributed by atoms with E-state index in [0.717, 1.165) is 6.42 Å². The van der Waals surface area contributed by atoms with Crippen molar-refractivity contribution in [1.29, 1.82) is 0 Å². The normalized spacial score (nSPS) is 11.7. The average Bonchev–Trinajstić information content (AvgIpc) is 2.88. The third-order valence-corrected chi connectivity index (χ3v) is 3.94.